The summed E-state index contributed by atoms with van der Waals surface area (Å²) in [5.41, 5.74) is -0.142. The number of aromatic carboxylic acids is 1. The Balaban J connectivity index is 2.08. The number of fused-ring (bicyclic) bond motifs is 1. The Labute approximate surface area is 161 Å². The normalized spacial score (nSPS) is 11.5. The lowest BCUT2D eigenvalue weighted by Crippen LogP contribution is -2.20. The Morgan fingerprint density at radius 2 is 1.86 bits per heavy atom. The van der Waals surface area contributed by atoms with E-state index in [9.17, 15) is 27.9 Å². The fraction of sp³-hybridized carbons (Fsp3) is 0.222. The molecular weight excluding hydrogens is 393 g/mol. The van der Waals surface area contributed by atoms with E-state index >= 15 is 0 Å². The van der Waals surface area contributed by atoms with Crippen LogP contribution in [0.4, 0.5) is 19.0 Å². The second-order valence-electron chi connectivity index (χ2n) is 6.10. The van der Waals surface area contributed by atoms with Gasteiger partial charge in [0.1, 0.15) is 0 Å². The number of rotatable bonds is 5. The number of benzene rings is 1. The van der Waals surface area contributed by atoms with E-state index in [-0.39, 0.29) is 22.7 Å². The lowest BCUT2D eigenvalue weighted by molar-refractivity contribution is -0.153. The Hall–Kier alpha value is -3.63. The van der Waals surface area contributed by atoms with E-state index in [1.54, 1.807) is 30.3 Å². The number of carboxylic acid groups (broad SMARTS) is 1. The van der Waals surface area contributed by atoms with Crippen LogP contribution in [0.25, 0.3) is 11.2 Å². The van der Waals surface area contributed by atoms with E-state index in [4.69, 9.17) is 4.74 Å². The van der Waals surface area contributed by atoms with E-state index < -0.39 is 36.1 Å². The van der Waals surface area contributed by atoms with Gasteiger partial charge in [-0.25, -0.2) is 14.8 Å². The molecular formula is C18H15F3N4O4. The van der Waals surface area contributed by atoms with Crippen LogP contribution >= 0.6 is 0 Å². The number of carboxylic acids is 1. The largest absolute Gasteiger partial charge is 0.479 e. The van der Waals surface area contributed by atoms with Crippen molar-refractivity contribution in [1.82, 2.24) is 14.5 Å². The molecule has 11 heteroatoms. The topological polar surface area (TPSA) is 106 Å². The van der Waals surface area contributed by atoms with Crippen molar-refractivity contribution in [2.24, 2.45) is 7.05 Å². The van der Waals surface area contributed by atoms with Crippen molar-refractivity contribution < 1.29 is 32.6 Å². The number of aryl methyl sites for hydroxylation is 2. The molecule has 2 N–H and O–H groups in total. The quantitative estimate of drug-likeness (QED) is 0.672. The third-order valence-corrected chi connectivity index (χ3v) is 3.99. The summed E-state index contributed by atoms with van der Waals surface area (Å²) in [6.45, 7) is -0.176. The molecule has 3 rings (SSSR count). The minimum atomic E-state index is -4.68. The van der Waals surface area contributed by atoms with Crippen molar-refractivity contribution in [2.75, 3.05) is 11.9 Å². The van der Waals surface area contributed by atoms with Gasteiger partial charge in [-0.05, 0) is 19.1 Å². The van der Waals surface area contributed by atoms with E-state index in [0.29, 0.717) is 5.56 Å². The third kappa shape index (κ3) is 4.13. The van der Waals surface area contributed by atoms with Gasteiger partial charge in [0.15, 0.2) is 35.0 Å². The number of halogens is 3. The van der Waals surface area contributed by atoms with Gasteiger partial charge in [-0.3, -0.25) is 4.79 Å². The number of nitrogens with zero attached hydrogens (tertiary/aromatic N) is 3. The summed E-state index contributed by atoms with van der Waals surface area (Å²) in [5, 5.41) is 11.9. The summed E-state index contributed by atoms with van der Waals surface area (Å²) in [6, 6.07) is 8.20. The van der Waals surface area contributed by atoms with Gasteiger partial charge in [0, 0.05) is 12.6 Å². The van der Waals surface area contributed by atoms with Crippen LogP contribution in [0.2, 0.25) is 0 Å². The number of nitrogens with one attached hydrogen (secondary N) is 1. The first-order valence-electron chi connectivity index (χ1n) is 8.24. The first-order chi connectivity index (χ1) is 13.6. The van der Waals surface area contributed by atoms with Gasteiger partial charge in [0.2, 0.25) is 0 Å². The maximum Gasteiger partial charge on any atom is 0.422 e. The number of ether oxygens (including phenoxy) is 1. The van der Waals surface area contributed by atoms with Crippen LogP contribution in [-0.4, -0.2) is 44.3 Å². The van der Waals surface area contributed by atoms with Crippen LogP contribution in [0.15, 0.2) is 30.3 Å². The molecule has 0 radical (unpaired) electrons. The average Bonchev–Trinajstić information content (AvgIpc) is 2.92. The second kappa shape index (κ2) is 7.41. The number of carbonyl (C=O) groups excluding carboxylic acids is 1. The zero-order valence-corrected chi connectivity index (χ0v) is 15.2. The molecule has 152 valence electrons. The van der Waals surface area contributed by atoms with Crippen molar-refractivity contribution in [1.29, 1.82) is 0 Å². The molecule has 1 amide bonds. The molecule has 3 aromatic rings. The van der Waals surface area contributed by atoms with Gasteiger partial charge in [-0.2, -0.15) is 13.2 Å². The van der Waals surface area contributed by atoms with E-state index in [2.05, 4.69) is 15.3 Å². The minimum absolute atomic E-state index is 0.00906. The molecule has 29 heavy (non-hydrogen) atoms. The summed E-state index contributed by atoms with van der Waals surface area (Å²) in [7, 11) is 1.32. The van der Waals surface area contributed by atoms with Crippen LogP contribution in [0, 0.1) is 6.92 Å². The summed E-state index contributed by atoms with van der Waals surface area (Å²) < 4.78 is 43.7. The molecule has 0 aliphatic carbocycles. The van der Waals surface area contributed by atoms with Gasteiger partial charge < -0.3 is 19.7 Å². The number of anilines is 1. The van der Waals surface area contributed by atoms with Gasteiger partial charge in [-0.15, -0.1) is 0 Å². The van der Waals surface area contributed by atoms with Crippen LogP contribution < -0.4 is 10.1 Å². The molecule has 2 heterocycles. The lowest BCUT2D eigenvalue weighted by Gasteiger charge is -2.10. The van der Waals surface area contributed by atoms with Gasteiger partial charge in [0.05, 0.1) is 5.69 Å². The van der Waals surface area contributed by atoms with E-state index in [1.165, 1.54) is 14.0 Å². The molecule has 2 aromatic heterocycles. The van der Waals surface area contributed by atoms with Gasteiger partial charge >= 0.3 is 12.1 Å². The molecule has 0 saturated carbocycles. The van der Waals surface area contributed by atoms with Crippen LogP contribution in [0.1, 0.15) is 26.5 Å². The Morgan fingerprint density at radius 3 is 2.45 bits per heavy atom. The SMILES string of the molecule is Cc1nc2c(nc1NC(=O)c1ccccc1)c(OCC(F)(F)F)c(C(=O)O)n2C. The fourth-order valence-electron chi connectivity index (χ4n) is 2.68. The Kier molecular flexibility index (Phi) is 5.14. The predicted octanol–water partition coefficient (Wildman–Crippen LogP) is 3.17. The maximum atomic E-state index is 12.6. The van der Waals surface area contributed by atoms with E-state index in [0.717, 1.165) is 4.57 Å². The molecule has 0 bridgehead atoms. The number of hydrogen-bond acceptors (Lipinski definition) is 5. The molecule has 0 unspecified atom stereocenters. The average molecular weight is 408 g/mol. The number of alkyl halides is 3. The van der Waals surface area contributed by atoms with Gasteiger partial charge in [-0.1, -0.05) is 18.2 Å². The van der Waals surface area contributed by atoms with E-state index in [1.807, 2.05) is 0 Å². The third-order valence-electron chi connectivity index (χ3n) is 3.99. The maximum absolute atomic E-state index is 12.6. The highest BCUT2D eigenvalue weighted by atomic mass is 19.4. The second-order valence-corrected chi connectivity index (χ2v) is 6.10. The molecule has 0 aliphatic rings. The number of aromatic nitrogens is 3. The number of carbonyl (C=O) groups is 2. The van der Waals surface area contributed by atoms with Gasteiger partial charge in [0.25, 0.3) is 5.91 Å². The standard InChI is InChI=1S/C18H15F3N4O4/c1-9-14(24-16(26)10-6-4-3-5-7-10)23-11-13(29-8-18(19,20)21)12(17(27)28)25(2)15(11)22-9/h3-7H,8H2,1-2H3,(H,27,28)(H,23,24,26). The first-order valence-corrected chi connectivity index (χ1v) is 8.24. The van der Waals surface area contributed by atoms with Crippen LogP contribution in [-0.2, 0) is 7.05 Å². The monoisotopic (exact) mass is 408 g/mol. The Bertz CT molecular complexity index is 1090. The summed E-state index contributed by atoms with van der Waals surface area (Å²) in [6.07, 6.45) is -4.68. The first kappa shape index (κ1) is 20.1. The number of amides is 1. The van der Waals surface area contributed by atoms with Crippen molar-refractivity contribution in [3.05, 3.63) is 47.3 Å². The Morgan fingerprint density at radius 1 is 1.21 bits per heavy atom. The van der Waals surface area contributed by atoms with Crippen molar-refractivity contribution in [3.8, 4) is 5.75 Å². The molecule has 8 nitrogen and oxygen atoms in total. The zero-order chi connectivity index (χ0) is 21.3. The summed E-state index contributed by atoms with van der Waals surface area (Å²) >= 11 is 0. The smallest absolute Gasteiger partial charge is 0.422 e. The molecule has 0 fully saturated rings. The number of hydrogen-bond donors (Lipinski definition) is 2. The van der Waals surface area contributed by atoms with Crippen molar-refractivity contribution >= 4 is 28.9 Å². The molecule has 0 spiro atoms. The molecule has 0 atom stereocenters. The predicted molar refractivity (Wildman–Crippen MR) is 96.2 cm³/mol. The zero-order valence-electron chi connectivity index (χ0n) is 15.2. The highest BCUT2D eigenvalue weighted by molar-refractivity contribution is 6.05. The molecule has 0 aliphatic heterocycles. The molecule has 1 aromatic carbocycles. The minimum Gasteiger partial charge on any atom is -0.479 e. The summed E-state index contributed by atoms with van der Waals surface area (Å²) in [4.78, 5) is 32.3. The highest BCUT2D eigenvalue weighted by Gasteiger charge is 2.32. The summed E-state index contributed by atoms with van der Waals surface area (Å²) in [5.74, 6) is -2.60. The van der Waals surface area contributed by atoms with Crippen LogP contribution in [0.3, 0.4) is 0 Å². The lowest BCUT2D eigenvalue weighted by atomic mass is 10.2. The highest BCUT2D eigenvalue weighted by Crippen LogP contribution is 2.33. The molecule has 0 saturated heterocycles. The fourth-order valence-corrected chi connectivity index (χ4v) is 2.68. The van der Waals surface area contributed by atoms with Crippen LogP contribution in [0.5, 0.6) is 5.75 Å². The van der Waals surface area contributed by atoms with Crippen molar-refractivity contribution in [2.45, 2.75) is 13.1 Å². The van der Waals surface area contributed by atoms with Crippen molar-refractivity contribution in [3.63, 3.8) is 0 Å².